The van der Waals surface area contributed by atoms with Crippen LogP contribution in [0.4, 0.5) is 0 Å². The predicted octanol–water partition coefficient (Wildman–Crippen LogP) is 3.31. The van der Waals surface area contributed by atoms with Gasteiger partial charge in [0.1, 0.15) is 5.75 Å². The molecule has 1 atom stereocenters. The van der Waals surface area contributed by atoms with Crippen LogP contribution < -0.4 is 4.74 Å². The molecule has 0 saturated heterocycles. The quantitative estimate of drug-likeness (QED) is 0.924. The highest BCUT2D eigenvalue weighted by atomic mass is 79.9. The molecule has 1 unspecified atom stereocenters. The molecule has 0 bridgehead atoms. The average Bonchev–Trinajstić information content (AvgIpc) is 2.23. The van der Waals surface area contributed by atoms with Crippen molar-refractivity contribution in [1.29, 1.82) is 0 Å². The van der Waals surface area contributed by atoms with Gasteiger partial charge in [0.05, 0.1) is 13.2 Å². The van der Waals surface area contributed by atoms with Crippen LogP contribution in [0.15, 0.2) is 4.47 Å². The van der Waals surface area contributed by atoms with Crippen LogP contribution in [-0.2, 0) is 6.42 Å². The fraction of sp³-hybridized carbons (Fsp3) is 0.538. The Kier molecular flexibility index (Phi) is 4.39. The van der Waals surface area contributed by atoms with Gasteiger partial charge >= 0.3 is 0 Å². The summed E-state index contributed by atoms with van der Waals surface area (Å²) in [4.78, 5) is 0. The van der Waals surface area contributed by atoms with Gasteiger partial charge in [-0.15, -0.1) is 0 Å². The number of methoxy groups -OCH3 is 1. The Balaban J connectivity index is 3.44. The summed E-state index contributed by atoms with van der Waals surface area (Å²) in [6, 6.07) is 0. The molecule has 0 heterocycles. The van der Waals surface area contributed by atoms with Gasteiger partial charge in [-0.05, 0) is 44.4 Å². The van der Waals surface area contributed by atoms with E-state index in [1.54, 1.807) is 14.0 Å². The number of hydrogen-bond donors (Lipinski definition) is 1. The normalized spacial score (nSPS) is 12.7. The first-order valence-electron chi connectivity index (χ1n) is 5.40. The van der Waals surface area contributed by atoms with E-state index in [2.05, 4.69) is 29.8 Å². The number of benzene rings is 1. The van der Waals surface area contributed by atoms with Crippen molar-refractivity contribution in [2.24, 2.45) is 0 Å². The largest absolute Gasteiger partial charge is 0.496 e. The van der Waals surface area contributed by atoms with E-state index in [0.717, 1.165) is 26.9 Å². The third-order valence-electron chi connectivity index (χ3n) is 2.99. The van der Waals surface area contributed by atoms with Crippen LogP contribution in [-0.4, -0.2) is 18.3 Å². The summed E-state index contributed by atoms with van der Waals surface area (Å²) in [5, 5.41) is 9.53. The Morgan fingerprint density at radius 3 is 2.19 bits per heavy atom. The summed E-state index contributed by atoms with van der Waals surface area (Å²) in [5.74, 6) is 0.902. The summed E-state index contributed by atoms with van der Waals surface area (Å²) in [7, 11) is 1.68. The van der Waals surface area contributed by atoms with Gasteiger partial charge in [0, 0.05) is 16.5 Å². The van der Waals surface area contributed by atoms with Crippen molar-refractivity contribution in [3.8, 4) is 5.75 Å². The van der Waals surface area contributed by atoms with E-state index < -0.39 is 0 Å². The highest BCUT2D eigenvalue weighted by Gasteiger charge is 2.17. The van der Waals surface area contributed by atoms with Crippen molar-refractivity contribution >= 4 is 15.9 Å². The fourth-order valence-electron chi connectivity index (χ4n) is 1.96. The minimum absolute atomic E-state index is 0.360. The zero-order valence-corrected chi connectivity index (χ0v) is 12.1. The van der Waals surface area contributed by atoms with Crippen LogP contribution in [0.2, 0.25) is 0 Å². The Labute approximate surface area is 106 Å². The number of rotatable bonds is 3. The molecule has 1 aromatic carbocycles. The van der Waals surface area contributed by atoms with Crippen LogP contribution in [0.1, 0.15) is 29.2 Å². The van der Waals surface area contributed by atoms with Crippen LogP contribution in [0.3, 0.4) is 0 Å². The van der Waals surface area contributed by atoms with E-state index in [-0.39, 0.29) is 6.10 Å². The van der Waals surface area contributed by atoms with Gasteiger partial charge in [-0.25, -0.2) is 0 Å². The van der Waals surface area contributed by atoms with Crippen LogP contribution >= 0.6 is 15.9 Å². The Hall–Kier alpha value is -0.540. The second-order valence-electron chi connectivity index (χ2n) is 4.25. The zero-order valence-electron chi connectivity index (χ0n) is 10.5. The van der Waals surface area contributed by atoms with Gasteiger partial charge in [-0.3, -0.25) is 0 Å². The topological polar surface area (TPSA) is 29.5 Å². The zero-order chi connectivity index (χ0) is 12.5. The lowest BCUT2D eigenvalue weighted by Gasteiger charge is -2.19. The maximum absolute atomic E-state index is 9.53. The Morgan fingerprint density at radius 2 is 1.75 bits per heavy atom. The van der Waals surface area contributed by atoms with Crippen molar-refractivity contribution < 1.29 is 9.84 Å². The summed E-state index contributed by atoms with van der Waals surface area (Å²) in [5.41, 5.74) is 4.58. The number of halogens is 1. The van der Waals surface area contributed by atoms with Gasteiger partial charge < -0.3 is 9.84 Å². The average molecular weight is 287 g/mol. The number of aliphatic hydroxyl groups is 1. The molecule has 1 aromatic rings. The molecule has 0 amide bonds. The number of ether oxygens (including phenoxy) is 1. The maximum Gasteiger partial charge on any atom is 0.125 e. The van der Waals surface area contributed by atoms with E-state index in [0.29, 0.717) is 6.42 Å². The molecule has 0 saturated carbocycles. The van der Waals surface area contributed by atoms with Crippen molar-refractivity contribution in [2.45, 2.75) is 40.2 Å². The number of hydrogen-bond acceptors (Lipinski definition) is 2. The molecule has 90 valence electrons. The molecule has 0 aliphatic heterocycles. The summed E-state index contributed by atoms with van der Waals surface area (Å²) >= 11 is 3.60. The van der Waals surface area contributed by atoms with Gasteiger partial charge in [0.25, 0.3) is 0 Å². The SMILES string of the molecule is COc1c(C)c(C)c(Br)c(C)c1CC(C)O. The summed E-state index contributed by atoms with van der Waals surface area (Å²) in [6.07, 6.45) is 0.260. The molecular formula is C13H19BrO2. The third kappa shape index (κ3) is 2.41. The van der Waals surface area contributed by atoms with Crippen molar-refractivity contribution in [1.82, 2.24) is 0 Å². The first-order valence-corrected chi connectivity index (χ1v) is 6.19. The molecule has 0 aliphatic carbocycles. The molecule has 0 aromatic heterocycles. The Bertz CT molecular complexity index is 398. The fourth-order valence-corrected chi connectivity index (χ4v) is 2.50. The standard InChI is InChI=1S/C13H19BrO2/c1-7(15)6-11-10(4)12(14)8(2)9(3)13(11)16-5/h7,15H,6H2,1-5H3. The Morgan fingerprint density at radius 1 is 1.19 bits per heavy atom. The molecule has 0 aliphatic rings. The molecule has 1 rings (SSSR count). The van der Waals surface area contributed by atoms with Crippen LogP contribution in [0.5, 0.6) is 5.75 Å². The lowest BCUT2D eigenvalue weighted by atomic mass is 9.95. The number of aliphatic hydroxyl groups excluding tert-OH is 1. The van der Waals surface area contributed by atoms with Crippen molar-refractivity contribution in [2.75, 3.05) is 7.11 Å². The predicted molar refractivity (Wildman–Crippen MR) is 70.3 cm³/mol. The van der Waals surface area contributed by atoms with E-state index in [1.165, 1.54) is 5.56 Å². The third-order valence-corrected chi connectivity index (χ3v) is 4.18. The van der Waals surface area contributed by atoms with E-state index in [1.807, 2.05) is 6.92 Å². The molecular weight excluding hydrogens is 268 g/mol. The minimum atomic E-state index is -0.360. The smallest absolute Gasteiger partial charge is 0.125 e. The summed E-state index contributed by atoms with van der Waals surface area (Å²) in [6.45, 7) is 7.96. The lowest BCUT2D eigenvalue weighted by Crippen LogP contribution is -2.09. The molecule has 2 nitrogen and oxygen atoms in total. The monoisotopic (exact) mass is 286 g/mol. The molecule has 0 fully saturated rings. The van der Waals surface area contributed by atoms with E-state index in [4.69, 9.17) is 4.74 Å². The first-order chi connectivity index (χ1) is 7.40. The van der Waals surface area contributed by atoms with Gasteiger partial charge in [0.15, 0.2) is 0 Å². The van der Waals surface area contributed by atoms with Crippen LogP contribution in [0.25, 0.3) is 0 Å². The van der Waals surface area contributed by atoms with E-state index in [9.17, 15) is 5.11 Å². The van der Waals surface area contributed by atoms with Crippen molar-refractivity contribution in [3.63, 3.8) is 0 Å². The van der Waals surface area contributed by atoms with Gasteiger partial charge in [-0.1, -0.05) is 15.9 Å². The van der Waals surface area contributed by atoms with Crippen molar-refractivity contribution in [3.05, 3.63) is 26.7 Å². The molecule has 3 heteroatoms. The molecule has 0 radical (unpaired) electrons. The lowest BCUT2D eigenvalue weighted by molar-refractivity contribution is 0.194. The second-order valence-corrected chi connectivity index (χ2v) is 5.05. The molecule has 16 heavy (non-hydrogen) atoms. The summed E-state index contributed by atoms with van der Waals surface area (Å²) < 4.78 is 6.57. The minimum Gasteiger partial charge on any atom is -0.496 e. The highest BCUT2D eigenvalue weighted by molar-refractivity contribution is 9.10. The van der Waals surface area contributed by atoms with E-state index >= 15 is 0 Å². The second kappa shape index (κ2) is 5.19. The maximum atomic E-state index is 9.53. The highest BCUT2D eigenvalue weighted by Crippen LogP contribution is 2.36. The van der Waals surface area contributed by atoms with Crippen LogP contribution in [0, 0.1) is 20.8 Å². The van der Waals surface area contributed by atoms with Gasteiger partial charge in [-0.2, -0.15) is 0 Å². The molecule has 1 N–H and O–H groups in total. The molecule has 0 spiro atoms. The first kappa shape index (κ1) is 13.5. The van der Waals surface area contributed by atoms with Gasteiger partial charge in [0.2, 0.25) is 0 Å².